The summed E-state index contributed by atoms with van der Waals surface area (Å²) in [6.45, 7) is 1.80. The Bertz CT molecular complexity index is 548. The maximum Gasteiger partial charge on any atom is 0.304 e. The van der Waals surface area contributed by atoms with Crippen molar-refractivity contribution in [1.29, 1.82) is 0 Å². The van der Waals surface area contributed by atoms with Crippen LogP contribution < -0.4 is 0 Å². The normalized spacial score (nSPS) is 12.3. The average Bonchev–Trinajstić information content (AvgIpc) is 2.74. The Balaban J connectivity index is 2.36. The molecule has 4 nitrogen and oxygen atoms in total. The van der Waals surface area contributed by atoms with Crippen LogP contribution in [0.4, 0.5) is 4.39 Å². The summed E-state index contributed by atoms with van der Waals surface area (Å²) < 4.78 is 12.9. The zero-order valence-corrected chi connectivity index (χ0v) is 9.85. The molecule has 18 heavy (non-hydrogen) atoms. The number of aromatic nitrogens is 2. The number of nitrogens with zero attached hydrogens (tertiary/aromatic N) is 1. The van der Waals surface area contributed by atoms with E-state index < -0.39 is 5.97 Å². The number of hydrogen-bond donors (Lipinski definition) is 2. The van der Waals surface area contributed by atoms with Crippen LogP contribution in [-0.4, -0.2) is 21.0 Å². The molecule has 0 aliphatic carbocycles. The van der Waals surface area contributed by atoms with Gasteiger partial charge in [-0.15, -0.1) is 0 Å². The lowest BCUT2D eigenvalue weighted by atomic mass is 9.93. The molecule has 94 valence electrons. The Morgan fingerprint density at radius 1 is 1.44 bits per heavy atom. The van der Waals surface area contributed by atoms with Crippen LogP contribution >= 0.6 is 0 Å². The van der Waals surface area contributed by atoms with Crippen LogP contribution in [0.25, 0.3) is 0 Å². The first kappa shape index (κ1) is 12.3. The number of benzene rings is 1. The molecule has 2 N–H and O–H groups in total. The predicted octanol–water partition coefficient (Wildman–Crippen LogP) is 2.46. The minimum absolute atomic E-state index is 0.0622. The Kier molecular flexibility index (Phi) is 3.41. The first-order valence-electron chi connectivity index (χ1n) is 5.55. The minimum Gasteiger partial charge on any atom is -0.481 e. The summed E-state index contributed by atoms with van der Waals surface area (Å²) in [7, 11) is 0. The van der Waals surface area contributed by atoms with Gasteiger partial charge in [0.05, 0.1) is 6.42 Å². The van der Waals surface area contributed by atoms with Crippen LogP contribution in [-0.2, 0) is 4.79 Å². The van der Waals surface area contributed by atoms with Gasteiger partial charge in [-0.25, -0.2) is 9.37 Å². The number of rotatable bonds is 4. The number of carboxylic acids is 1. The predicted molar refractivity (Wildman–Crippen MR) is 63.8 cm³/mol. The molecular formula is C13H13FN2O2. The van der Waals surface area contributed by atoms with E-state index in [9.17, 15) is 9.18 Å². The van der Waals surface area contributed by atoms with E-state index >= 15 is 0 Å². The first-order valence-corrected chi connectivity index (χ1v) is 5.55. The third kappa shape index (κ3) is 2.74. The van der Waals surface area contributed by atoms with Gasteiger partial charge in [-0.05, 0) is 24.6 Å². The molecule has 1 heterocycles. The second-order valence-electron chi connectivity index (χ2n) is 4.13. The number of aryl methyl sites for hydroxylation is 1. The van der Waals surface area contributed by atoms with Gasteiger partial charge < -0.3 is 10.1 Å². The monoisotopic (exact) mass is 248 g/mol. The lowest BCUT2D eigenvalue weighted by Gasteiger charge is -2.13. The van der Waals surface area contributed by atoms with Crippen molar-refractivity contribution in [2.75, 3.05) is 0 Å². The number of aliphatic carboxylic acids is 1. The van der Waals surface area contributed by atoms with Gasteiger partial charge in [-0.1, -0.05) is 12.1 Å². The van der Waals surface area contributed by atoms with E-state index in [4.69, 9.17) is 5.11 Å². The number of nitrogens with one attached hydrogen (secondary N) is 1. The molecule has 0 aliphatic heterocycles. The highest BCUT2D eigenvalue weighted by Crippen LogP contribution is 2.26. The van der Waals surface area contributed by atoms with Gasteiger partial charge in [-0.2, -0.15) is 0 Å². The molecule has 0 amide bonds. The van der Waals surface area contributed by atoms with E-state index in [1.165, 1.54) is 12.1 Å². The molecule has 2 aromatic rings. The number of aromatic amines is 1. The summed E-state index contributed by atoms with van der Waals surface area (Å²) in [5, 5.41) is 8.96. The largest absolute Gasteiger partial charge is 0.481 e. The average molecular weight is 248 g/mol. The van der Waals surface area contributed by atoms with Crippen LogP contribution in [0.5, 0.6) is 0 Å². The van der Waals surface area contributed by atoms with Gasteiger partial charge >= 0.3 is 5.97 Å². The summed E-state index contributed by atoms with van der Waals surface area (Å²) in [6, 6.07) is 5.85. The van der Waals surface area contributed by atoms with Crippen molar-refractivity contribution in [2.24, 2.45) is 0 Å². The van der Waals surface area contributed by atoms with Crippen molar-refractivity contribution in [3.63, 3.8) is 0 Å². The van der Waals surface area contributed by atoms with Gasteiger partial charge in [0.15, 0.2) is 0 Å². The van der Waals surface area contributed by atoms with Crippen LogP contribution in [0.1, 0.15) is 29.4 Å². The topological polar surface area (TPSA) is 66.0 Å². The standard InChI is InChI=1S/C13H13FN2O2/c1-8-15-7-12(16-8)11(6-13(17)18)9-2-4-10(14)5-3-9/h2-5,7,11H,6H2,1H3,(H,15,16)(H,17,18). The fourth-order valence-electron chi connectivity index (χ4n) is 1.89. The zero-order chi connectivity index (χ0) is 13.1. The van der Waals surface area contributed by atoms with Crippen molar-refractivity contribution in [3.8, 4) is 0 Å². The van der Waals surface area contributed by atoms with Crippen LogP contribution in [0.15, 0.2) is 30.5 Å². The van der Waals surface area contributed by atoms with Gasteiger partial charge in [0.1, 0.15) is 11.6 Å². The number of hydrogen-bond acceptors (Lipinski definition) is 2. The van der Waals surface area contributed by atoms with E-state index in [1.54, 1.807) is 25.3 Å². The summed E-state index contributed by atoms with van der Waals surface area (Å²) in [5.74, 6) is -0.864. The van der Waals surface area contributed by atoms with E-state index in [1.807, 2.05) is 0 Å². The minimum atomic E-state index is -0.906. The third-order valence-corrected chi connectivity index (χ3v) is 2.75. The summed E-state index contributed by atoms with van der Waals surface area (Å²) in [5.41, 5.74) is 1.48. The van der Waals surface area contributed by atoms with Gasteiger partial charge in [0, 0.05) is 17.8 Å². The molecule has 0 aliphatic rings. The number of carbonyl (C=O) groups is 1. The fraction of sp³-hybridized carbons (Fsp3) is 0.231. The highest BCUT2D eigenvalue weighted by molar-refractivity contribution is 5.68. The summed E-state index contributed by atoms with van der Waals surface area (Å²) >= 11 is 0. The van der Waals surface area contributed by atoms with Crippen molar-refractivity contribution in [1.82, 2.24) is 9.97 Å². The zero-order valence-electron chi connectivity index (χ0n) is 9.85. The summed E-state index contributed by atoms with van der Waals surface area (Å²) in [4.78, 5) is 18.0. The molecule has 0 spiro atoms. The smallest absolute Gasteiger partial charge is 0.304 e. The van der Waals surface area contributed by atoms with Crippen molar-refractivity contribution in [3.05, 3.63) is 53.4 Å². The number of halogens is 1. The highest BCUT2D eigenvalue weighted by atomic mass is 19.1. The van der Waals surface area contributed by atoms with Crippen molar-refractivity contribution in [2.45, 2.75) is 19.3 Å². The van der Waals surface area contributed by atoms with E-state index in [0.29, 0.717) is 0 Å². The molecule has 1 unspecified atom stereocenters. The van der Waals surface area contributed by atoms with Crippen LogP contribution in [0, 0.1) is 12.7 Å². The number of H-pyrrole nitrogens is 1. The van der Waals surface area contributed by atoms with Gasteiger partial charge in [0.2, 0.25) is 0 Å². The molecular weight excluding hydrogens is 235 g/mol. The summed E-state index contributed by atoms with van der Waals surface area (Å²) in [6.07, 6.45) is 1.56. The Morgan fingerprint density at radius 3 is 2.61 bits per heavy atom. The van der Waals surface area contributed by atoms with Crippen LogP contribution in [0.3, 0.4) is 0 Å². The molecule has 5 heteroatoms. The molecule has 0 saturated carbocycles. The Hall–Kier alpha value is -2.17. The lowest BCUT2D eigenvalue weighted by molar-refractivity contribution is -0.137. The van der Waals surface area contributed by atoms with Gasteiger partial charge in [0.25, 0.3) is 0 Å². The maximum absolute atomic E-state index is 12.9. The molecule has 1 aromatic heterocycles. The number of carboxylic acid groups (broad SMARTS) is 1. The molecule has 1 atom stereocenters. The molecule has 1 aromatic carbocycles. The SMILES string of the molecule is Cc1ncc(C(CC(=O)O)c2ccc(F)cc2)[nH]1. The third-order valence-electron chi connectivity index (χ3n) is 2.75. The molecule has 0 radical (unpaired) electrons. The molecule has 0 bridgehead atoms. The van der Waals surface area contributed by atoms with Crippen molar-refractivity contribution < 1.29 is 14.3 Å². The molecule has 2 rings (SSSR count). The van der Waals surface area contributed by atoms with Gasteiger partial charge in [-0.3, -0.25) is 4.79 Å². The molecule has 0 saturated heterocycles. The van der Waals surface area contributed by atoms with E-state index in [2.05, 4.69) is 9.97 Å². The second kappa shape index (κ2) is 5.00. The van der Waals surface area contributed by atoms with Crippen LogP contribution in [0.2, 0.25) is 0 Å². The Labute approximate surface area is 103 Å². The van der Waals surface area contributed by atoms with Crippen molar-refractivity contribution >= 4 is 5.97 Å². The Morgan fingerprint density at radius 2 is 2.11 bits per heavy atom. The maximum atomic E-state index is 12.9. The quantitative estimate of drug-likeness (QED) is 0.873. The molecule has 0 fully saturated rings. The fourth-order valence-corrected chi connectivity index (χ4v) is 1.89. The first-order chi connectivity index (χ1) is 8.56. The lowest BCUT2D eigenvalue weighted by Crippen LogP contribution is -2.08. The number of imidazole rings is 1. The highest BCUT2D eigenvalue weighted by Gasteiger charge is 2.19. The van der Waals surface area contributed by atoms with E-state index in [-0.39, 0.29) is 18.2 Å². The van der Waals surface area contributed by atoms with E-state index in [0.717, 1.165) is 17.1 Å². The second-order valence-corrected chi connectivity index (χ2v) is 4.13.